The van der Waals surface area contributed by atoms with Gasteiger partial charge in [-0.05, 0) is 59.2 Å². The van der Waals surface area contributed by atoms with Crippen LogP contribution >= 0.6 is 11.6 Å². The van der Waals surface area contributed by atoms with Crippen LogP contribution < -0.4 is 9.64 Å². The number of carbonyl (C=O) groups excluding carboxylic acids is 2. The number of ether oxygens (including phenoxy) is 1. The number of methoxy groups -OCH3 is 1. The largest absolute Gasteiger partial charge is 0.507 e. The lowest BCUT2D eigenvalue weighted by Crippen LogP contribution is -2.29. The minimum atomic E-state index is -0.842. The van der Waals surface area contributed by atoms with E-state index >= 15 is 0 Å². The fourth-order valence-electron chi connectivity index (χ4n) is 4.42. The molecule has 0 bridgehead atoms. The molecule has 0 radical (unpaired) electrons. The van der Waals surface area contributed by atoms with Gasteiger partial charge in [0.1, 0.15) is 11.5 Å². The van der Waals surface area contributed by atoms with Gasteiger partial charge in [0.05, 0.1) is 18.7 Å². The first-order chi connectivity index (χ1) is 16.9. The summed E-state index contributed by atoms with van der Waals surface area (Å²) in [5.74, 6) is -1.07. The Labute approximate surface area is 207 Å². The van der Waals surface area contributed by atoms with E-state index in [0.717, 1.165) is 16.3 Å². The quantitative estimate of drug-likeness (QED) is 0.206. The van der Waals surface area contributed by atoms with Crippen molar-refractivity contribution in [2.75, 3.05) is 12.0 Å². The first kappa shape index (κ1) is 22.7. The molecular weight excluding hydrogens is 462 g/mol. The number of fused-ring (bicyclic) bond motifs is 1. The van der Waals surface area contributed by atoms with Gasteiger partial charge in [-0.2, -0.15) is 0 Å². The molecule has 1 unspecified atom stereocenters. The van der Waals surface area contributed by atoms with Gasteiger partial charge in [0.25, 0.3) is 11.7 Å². The SMILES string of the molecule is COc1ccc(C2/C(=C(/O)c3ccc4ccccc4c3)C(=O)C(=O)N2c2ccc(C)c(Cl)c2)cc1. The van der Waals surface area contributed by atoms with Gasteiger partial charge in [-0.15, -0.1) is 0 Å². The standard InChI is InChI=1S/C29H22ClNO4/c1-17-7-12-22(16-24(17)30)31-26(19-10-13-23(35-2)14-11-19)25(28(33)29(31)34)27(32)21-9-8-18-5-3-4-6-20(18)15-21/h3-16,26,32H,1-2H3/b27-25-. The molecule has 1 fully saturated rings. The number of aryl methyl sites for hydroxylation is 1. The highest BCUT2D eigenvalue weighted by molar-refractivity contribution is 6.51. The zero-order valence-electron chi connectivity index (χ0n) is 19.2. The van der Waals surface area contributed by atoms with Crippen molar-refractivity contribution in [3.05, 3.63) is 112 Å². The molecule has 0 spiro atoms. The molecule has 174 valence electrons. The van der Waals surface area contributed by atoms with E-state index < -0.39 is 17.7 Å². The molecule has 1 saturated heterocycles. The number of nitrogens with zero attached hydrogens (tertiary/aromatic N) is 1. The predicted octanol–water partition coefficient (Wildman–Crippen LogP) is 6.44. The van der Waals surface area contributed by atoms with Crippen LogP contribution in [0.1, 0.15) is 22.7 Å². The van der Waals surface area contributed by atoms with E-state index in [1.807, 2.05) is 43.3 Å². The van der Waals surface area contributed by atoms with Crippen molar-refractivity contribution >= 4 is 45.5 Å². The van der Waals surface area contributed by atoms with E-state index in [2.05, 4.69) is 0 Å². The third-order valence-electron chi connectivity index (χ3n) is 6.33. The lowest BCUT2D eigenvalue weighted by molar-refractivity contribution is -0.132. The molecular formula is C29H22ClNO4. The van der Waals surface area contributed by atoms with E-state index in [-0.39, 0.29) is 11.3 Å². The number of carbonyl (C=O) groups is 2. The third kappa shape index (κ3) is 3.94. The van der Waals surface area contributed by atoms with Crippen molar-refractivity contribution in [3.8, 4) is 5.75 Å². The summed E-state index contributed by atoms with van der Waals surface area (Å²) in [4.78, 5) is 28.1. The number of anilines is 1. The van der Waals surface area contributed by atoms with Gasteiger partial charge in [-0.1, -0.05) is 66.2 Å². The van der Waals surface area contributed by atoms with Crippen LogP contribution in [0.25, 0.3) is 16.5 Å². The average molecular weight is 484 g/mol. The number of halogens is 1. The van der Waals surface area contributed by atoms with E-state index in [1.54, 1.807) is 55.6 Å². The van der Waals surface area contributed by atoms with Gasteiger partial charge < -0.3 is 9.84 Å². The Bertz CT molecular complexity index is 1510. The van der Waals surface area contributed by atoms with Crippen molar-refractivity contribution < 1.29 is 19.4 Å². The molecule has 5 rings (SSSR count). The van der Waals surface area contributed by atoms with E-state index in [4.69, 9.17) is 16.3 Å². The second-order valence-corrected chi connectivity index (χ2v) is 8.84. The molecule has 35 heavy (non-hydrogen) atoms. The van der Waals surface area contributed by atoms with Crippen LogP contribution in [0.2, 0.25) is 5.02 Å². The van der Waals surface area contributed by atoms with Crippen molar-refractivity contribution in [2.24, 2.45) is 0 Å². The molecule has 1 aliphatic rings. The zero-order valence-corrected chi connectivity index (χ0v) is 19.9. The van der Waals surface area contributed by atoms with Gasteiger partial charge in [0, 0.05) is 16.3 Å². The highest BCUT2D eigenvalue weighted by Crippen LogP contribution is 2.43. The lowest BCUT2D eigenvalue weighted by Gasteiger charge is -2.26. The summed E-state index contributed by atoms with van der Waals surface area (Å²) in [6.45, 7) is 1.86. The number of amides is 1. The Balaban J connectivity index is 1.72. The van der Waals surface area contributed by atoms with Crippen molar-refractivity contribution in [2.45, 2.75) is 13.0 Å². The number of hydrogen-bond acceptors (Lipinski definition) is 4. The van der Waals surface area contributed by atoms with Gasteiger partial charge >= 0.3 is 0 Å². The molecule has 4 aromatic carbocycles. The lowest BCUT2D eigenvalue weighted by atomic mass is 9.94. The van der Waals surface area contributed by atoms with Crippen LogP contribution in [0.15, 0.2) is 90.5 Å². The maximum absolute atomic E-state index is 13.4. The van der Waals surface area contributed by atoms with Crippen LogP contribution in [0.4, 0.5) is 5.69 Å². The maximum atomic E-state index is 13.4. The fourth-order valence-corrected chi connectivity index (χ4v) is 4.60. The molecule has 1 atom stereocenters. The average Bonchev–Trinajstić information content (AvgIpc) is 3.15. The van der Waals surface area contributed by atoms with Crippen LogP contribution in [0, 0.1) is 6.92 Å². The highest BCUT2D eigenvalue weighted by atomic mass is 35.5. The van der Waals surface area contributed by atoms with Crippen LogP contribution in [0.5, 0.6) is 5.75 Å². The normalized spacial score (nSPS) is 17.2. The van der Waals surface area contributed by atoms with Crippen molar-refractivity contribution in [1.82, 2.24) is 0 Å². The van der Waals surface area contributed by atoms with Gasteiger partial charge in [0.15, 0.2) is 0 Å². The second kappa shape index (κ2) is 8.93. The van der Waals surface area contributed by atoms with Crippen LogP contribution in [-0.4, -0.2) is 23.9 Å². The van der Waals surface area contributed by atoms with E-state index in [9.17, 15) is 14.7 Å². The molecule has 1 amide bonds. The van der Waals surface area contributed by atoms with E-state index in [1.165, 1.54) is 4.90 Å². The predicted molar refractivity (Wildman–Crippen MR) is 138 cm³/mol. The number of rotatable bonds is 4. The van der Waals surface area contributed by atoms with Crippen molar-refractivity contribution in [1.29, 1.82) is 0 Å². The molecule has 5 nitrogen and oxygen atoms in total. The number of benzene rings is 4. The number of aliphatic hydroxyl groups is 1. The summed E-state index contributed by atoms with van der Waals surface area (Å²) in [6.07, 6.45) is 0. The number of ketones is 1. The minimum Gasteiger partial charge on any atom is -0.507 e. The Kier molecular flexibility index (Phi) is 5.79. The smallest absolute Gasteiger partial charge is 0.300 e. The molecule has 4 aromatic rings. The molecule has 1 aliphatic heterocycles. The Morgan fingerprint density at radius 1 is 0.914 bits per heavy atom. The van der Waals surface area contributed by atoms with Crippen LogP contribution in [-0.2, 0) is 9.59 Å². The molecule has 1 N–H and O–H groups in total. The summed E-state index contributed by atoms with van der Waals surface area (Å²) in [5.41, 5.74) is 2.46. The van der Waals surface area contributed by atoms with Gasteiger partial charge in [-0.3, -0.25) is 14.5 Å². The Hall–Kier alpha value is -4.09. The second-order valence-electron chi connectivity index (χ2n) is 8.44. The topological polar surface area (TPSA) is 66.8 Å². The van der Waals surface area contributed by atoms with Crippen molar-refractivity contribution in [3.63, 3.8) is 0 Å². The third-order valence-corrected chi connectivity index (χ3v) is 6.74. The zero-order chi connectivity index (χ0) is 24.7. The minimum absolute atomic E-state index is 0.0205. The number of Topliss-reactive ketones (excluding diaryl/α,β-unsaturated/α-hetero) is 1. The Morgan fingerprint density at radius 2 is 1.63 bits per heavy atom. The monoisotopic (exact) mass is 483 g/mol. The highest BCUT2D eigenvalue weighted by Gasteiger charge is 2.47. The Morgan fingerprint density at radius 3 is 2.31 bits per heavy atom. The fraction of sp³-hybridized carbons (Fsp3) is 0.103. The summed E-state index contributed by atoms with van der Waals surface area (Å²) in [5, 5.41) is 13.8. The van der Waals surface area contributed by atoms with Gasteiger partial charge in [0.2, 0.25) is 0 Å². The molecule has 6 heteroatoms. The molecule has 0 aliphatic carbocycles. The summed E-state index contributed by atoms with van der Waals surface area (Å²) < 4.78 is 5.27. The van der Waals surface area contributed by atoms with Crippen LogP contribution in [0.3, 0.4) is 0 Å². The molecule has 0 saturated carbocycles. The maximum Gasteiger partial charge on any atom is 0.300 e. The molecule has 1 heterocycles. The number of aliphatic hydroxyl groups excluding tert-OH is 1. The first-order valence-corrected chi connectivity index (χ1v) is 11.5. The van der Waals surface area contributed by atoms with Gasteiger partial charge in [-0.25, -0.2) is 0 Å². The summed E-state index contributed by atoms with van der Waals surface area (Å²) in [7, 11) is 1.56. The summed E-state index contributed by atoms with van der Waals surface area (Å²) in [6, 6.07) is 24.6. The molecule has 0 aromatic heterocycles. The van der Waals surface area contributed by atoms with E-state index in [0.29, 0.717) is 27.6 Å². The summed E-state index contributed by atoms with van der Waals surface area (Å²) >= 11 is 6.36. The first-order valence-electron chi connectivity index (χ1n) is 11.1. The number of hydrogen-bond donors (Lipinski definition) is 1.